The normalized spacial score (nSPS) is 14.0. The van der Waals surface area contributed by atoms with Crippen molar-refractivity contribution in [2.75, 3.05) is 18.4 Å². The molecule has 0 saturated carbocycles. The Morgan fingerprint density at radius 3 is 2.68 bits per heavy atom. The summed E-state index contributed by atoms with van der Waals surface area (Å²) in [4.78, 5) is 35.6. The molecular formula is C25H24BrFN4O3. The number of hydrogen-bond donors (Lipinski definition) is 1. The maximum atomic E-state index is 14.0. The van der Waals surface area contributed by atoms with Gasteiger partial charge in [-0.05, 0) is 58.2 Å². The van der Waals surface area contributed by atoms with Gasteiger partial charge in [0, 0.05) is 61.5 Å². The first-order valence-corrected chi connectivity index (χ1v) is 11.8. The summed E-state index contributed by atoms with van der Waals surface area (Å²) in [5.74, 6) is -0.563. The van der Waals surface area contributed by atoms with Crippen LogP contribution in [0.4, 0.5) is 10.1 Å². The van der Waals surface area contributed by atoms with E-state index in [4.69, 9.17) is 4.74 Å². The van der Waals surface area contributed by atoms with Crippen molar-refractivity contribution in [3.8, 4) is 5.88 Å². The first-order valence-electron chi connectivity index (χ1n) is 11.0. The minimum Gasteiger partial charge on any atom is -0.474 e. The Hall–Kier alpha value is -3.33. The number of amides is 2. The highest BCUT2D eigenvalue weighted by Gasteiger charge is 2.27. The standard InChI is InChI=1S/C25H24BrFN4O3/c26-18-4-8-24(29-16-18)34-20-9-12-31(13-10-20)25(33)21-14-19(27)5-6-22(21)30-23(32)7-3-17-2-1-11-28-15-17/h1-2,4-6,8,11,14-16,20H,3,7,9-10,12-13H2,(H,30,32). The number of hydrogen-bond acceptors (Lipinski definition) is 5. The van der Waals surface area contributed by atoms with Crippen LogP contribution in [0.15, 0.2) is 65.5 Å². The molecule has 4 rings (SSSR count). The Morgan fingerprint density at radius 2 is 1.97 bits per heavy atom. The first-order chi connectivity index (χ1) is 16.5. The second-order valence-electron chi connectivity index (χ2n) is 8.02. The van der Waals surface area contributed by atoms with Crippen LogP contribution in [0.25, 0.3) is 0 Å². The zero-order chi connectivity index (χ0) is 23.9. The maximum Gasteiger partial charge on any atom is 0.256 e. The molecule has 2 aromatic heterocycles. The van der Waals surface area contributed by atoms with Crippen molar-refractivity contribution in [2.45, 2.75) is 31.8 Å². The van der Waals surface area contributed by atoms with Gasteiger partial charge in [0.2, 0.25) is 11.8 Å². The fourth-order valence-electron chi connectivity index (χ4n) is 3.77. The van der Waals surface area contributed by atoms with E-state index in [1.54, 1.807) is 29.6 Å². The minimum atomic E-state index is -0.531. The van der Waals surface area contributed by atoms with Gasteiger partial charge >= 0.3 is 0 Å². The summed E-state index contributed by atoms with van der Waals surface area (Å²) >= 11 is 3.34. The number of aryl methyl sites for hydroxylation is 1. The lowest BCUT2D eigenvalue weighted by Gasteiger charge is -2.32. The summed E-state index contributed by atoms with van der Waals surface area (Å²) in [5.41, 5.74) is 1.39. The largest absolute Gasteiger partial charge is 0.474 e. The molecule has 0 spiro atoms. The van der Waals surface area contributed by atoms with Crippen molar-refractivity contribution in [3.63, 3.8) is 0 Å². The monoisotopic (exact) mass is 526 g/mol. The zero-order valence-electron chi connectivity index (χ0n) is 18.4. The van der Waals surface area contributed by atoms with Crippen molar-refractivity contribution in [2.24, 2.45) is 0 Å². The summed E-state index contributed by atoms with van der Waals surface area (Å²) in [6.07, 6.45) is 7.00. The lowest BCUT2D eigenvalue weighted by atomic mass is 10.0. The number of nitrogens with one attached hydrogen (secondary N) is 1. The molecule has 9 heteroatoms. The molecule has 1 aliphatic rings. The molecular weight excluding hydrogens is 503 g/mol. The van der Waals surface area contributed by atoms with Gasteiger partial charge in [0.05, 0.1) is 11.3 Å². The van der Waals surface area contributed by atoms with Crippen molar-refractivity contribution in [3.05, 3.63) is 82.5 Å². The van der Waals surface area contributed by atoms with E-state index in [2.05, 4.69) is 31.2 Å². The second kappa shape index (κ2) is 11.2. The van der Waals surface area contributed by atoms with E-state index in [1.165, 1.54) is 18.2 Å². The third-order valence-electron chi connectivity index (χ3n) is 5.57. The van der Waals surface area contributed by atoms with E-state index in [1.807, 2.05) is 18.2 Å². The maximum absolute atomic E-state index is 14.0. The molecule has 0 radical (unpaired) electrons. The van der Waals surface area contributed by atoms with Crippen LogP contribution in [0.3, 0.4) is 0 Å². The number of likely N-dealkylation sites (tertiary alicyclic amines) is 1. The second-order valence-corrected chi connectivity index (χ2v) is 8.94. The van der Waals surface area contributed by atoms with E-state index in [0.717, 1.165) is 10.0 Å². The minimum absolute atomic E-state index is 0.0584. The lowest BCUT2D eigenvalue weighted by molar-refractivity contribution is -0.116. The fourth-order valence-corrected chi connectivity index (χ4v) is 4.00. The zero-order valence-corrected chi connectivity index (χ0v) is 20.0. The quantitative estimate of drug-likeness (QED) is 0.485. The Bertz CT molecular complexity index is 1140. The third kappa shape index (κ3) is 6.38. The van der Waals surface area contributed by atoms with Crippen LogP contribution >= 0.6 is 15.9 Å². The average Bonchev–Trinajstić information content (AvgIpc) is 2.86. The molecule has 34 heavy (non-hydrogen) atoms. The van der Waals surface area contributed by atoms with Gasteiger partial charge in [-0.1, -0.05) is 6.07 Å². The number of benzene rings is 1. The predicted molar refractivity (Wildman–Crippen MR) is 129 cm³/mol. The molecule has 7 nitrogen and oxygen atoms in total. The number of pyridine rings is 2. The van der Waals surface area contributed by atoms with E-state index >= 15 is 0 Å². The number of halogens is 2. The number of ether oxygens (including phenoxy) is 1. The van der Waals surface area contributed by atoms with E-state index in [9.17, 15) is 14.0 Å². The molecule has 0 unspecified atom stereocenters. The van der Waals surface area contributed by atoms with Crippen LogP contribution < -0.4 is 10.1 Å². The first kappa shape index (κ1) is 23.8. The number of carbonyl (C=O) groups is 2. The van der Waals surface area contributed by atoms with Crippen LogP contribution in [0.2, 0.25) is 0 Å². The van der Waals surface area contributed by atoms with Gasteiger partial charge in [-0.15, -0.1) is 0 Å². The van der Waals surface area contributed by atoms with Crippen molar-refractivity contribution >= 4 is 33.4 Å². The Balaban J connectivity index is 1.35. The van der Waals surface area contributed by atoms with Crippen LogP contribution in [0, 0.1) is 5.82 Å². The van der Waals surface area contributed by atoms with Crippen molar-refractivity contribution in [1.29, 1.82) is 0 Å². The van der Waals surface area contributed by atoms with Crippen molar-refractivity contribution in [1.82, 2.24) is 14.9 Å². The number of aromatic nitrogens is 2. The van der Waals surface area contributed by atoms with Gasteiger partial charge in [-0.2, -0.15) is 0 Å². The fraction of sp³-hybridized carbons (Fsp3) is 0.280. The number of anilines is 1. The molecule has 1 saturated heterocycles. The predicted octanol–water partition coefficient (Wildman–Crippen LogP) is 4.63. The summed E-state index contributed by atoms with van der Waals surface area (Å²) in [5, 5.41) is 2.76. The van der Waals surface area contributed by atoms with Gasteiger partial charge in [-0.25, -0.2) is 9.37 Å². The van der Waals surface area contributed by atoms with Crippen LogP contribution in [0.5, 0.6) is 5.88 Å². The number of rotatable bonds is 7. The highest BCUT2D eigenvalue weighted by Crippen LogP contribution is 2.24. The molecule has 3 heterocycles. The van der Waals surface area contributed by atoms with E-state index in [-0.39, 0.29) is 29.9 Å². The molecule has 1 fully saturated rings. The number of piperidine rings is 1. The summed E-state index contributed by atoms with van der Waals surface area (Å²) in [6.45, 7) is 0.926. The third-order valence-corrected chi connectivity index (χ3v) is 6.04. The molecule has 1 aliphatic heterocycles. The summed E-state index contributed by atoms with van der Waals surface area (Å²) in [6, 6.07) is 11.2. The number of nitrogens with zero attached hydrogens (tertiary/aromatic N) is 3. The molecule has 176 valence electrons. The number of carbonyl (C=O) groups excluding carboxylic acids is 2. The van der Waals surface area contributed by atoms with Crippen LogP contribution in [-0.2, 0) is 11.2 Å². The van der Waals surface area contributed by atoms with Gasteiger partial charge in [0.25, 0.3) is 5.91 Å². The summed E-state index contributed by atoms with van der Waals surface area (Å²) < 4.78 is 20.8. The van der Waals surface area contributed by atoms with Crippen molar-refractivity contribution < 1.29 is 18.7 Å². The van der Waals surface area contributed by atoms with Gasteiger partial charge in [-0.3, -0.25) is 14.6 Å². The van der Waals surface area contributed by atoms with Gasteiger partial charge in [0.15, 0.2) is 0 Å². The Labute approximate surface area is 205 Å². The summed E-state index contributed by atoms with van der Waals surface area (Å²) in [7, 11) is 0. The highest BCUT2D eigenvalue weighted by molar-refractivity contribution is 9.10. The molecule has 1 N–H and O–H groups in total. The SMILES string of the molecule is O=C(CCc1cccnc1)Nc1ccc(F)cc1C(=O)N1CCC(Oc2ccc(Br)cn2)CC1. The Morgan fingerprint density at radius 1 is 1.15 bits per heavy atom. The topological polar surface area (TPSA) is 84.4 Å². The molecule has 0 bridgehead atoms. The van der Waals surface area contributed by atoms with E-state index in [0.29, 0.717) is 43.9 Å². The smallest absolute Gasteiger partial charge is 0.256 e. The van der Waals surface area contributed by atoms with Crippen LogP contribution in [-0.4, -0.2) is 45.9 Å². The van der Waals surface area contributed by atoms with E-state index < -0.39 is 5.82 Å². The van der Waals surface area contributed by atoms with Gasteiger partial charge in [0.1, 0.15) is 11.9 Å². The lowest BCUT2D eigenvalue weighted by Crippen LogP contribution is -2.42. The van der Waals surface area contributed by atoms with Crippen LogP contribution in [0.1, 0.15) is 35.2 Å². The Kier molecular flexibility index (Phi) is 7.84. The molecule has 2 amide bonds. The highest BCUT2D eigenvalue weighted by atomic mass is 79.9. The molecule has 0 atom stereocenters. The van der Waals surface area contributed by atoms with Gasteiger partial charge < -0.3 is 15.0 Å². The molecule has 0 aliphatic carbocycles. The average molecular weight is 527 g/mol. The molecule has 3 aromatic rings. The molecule has 1 aromatic carbocycles.